The molecule has 0 bridgehead atoms. The Hall–Kier alpha value is -1.12. The molecule has 0 amide bonds. The zero-order chi connectivity index (χ0) is 11.7. The lowest BCUT2D eigenvalue weighted by molar-refractivity contribution is 0.0857. The summed E-state index contributed by atoms with van der Waals surface area (Å²) < 4.78 is 0. The highest BCUT2D eigenvalue weighted by Gasteiger charge is 2.13. The first-order valence-corrected chi connectivity index (χ1v) is 4.95. The van der Waals surface area contributed by atoms with Gasteiger partial charge in [-0.25, -0.2) is 0 Å². The standard InChI is InChI=1S/C8H8.C5H12O2/c1-2-8-6-4-3-5-7-8;1-5(2,3-6)4-7/h2-7H,1H2;6-7H,3-4H2,1-2H3. The number of hydrogen-bond acceptors (Lipinski definition) is 2. The zero-order valence-electron chi connectivity index (χ0n) is 9.48. The molecule has 15 heavy (non-hydrogen) atoms. The lowest BCUT2D eigenvalue weighted by atomic mass is 9.97. The maximum absolute atomic E-state index is 8.43. The second-order valence-corrected chi connectivity index (χ2v) is 4.10. The Bertz CT molecular complexity index is 259. The predicted molar refractivity (Wildman–Crippen MR) is 64.5 cm³/mol. The van der Waals surface area contributed by atoms with Gasteiger partial charge in [-0.3, -0.25) is 0 Å². The van der Waals surface area contributed by atoms with Crippen molar-refractivity contribution in [3.63, 3.8) is 0 Å². The molecule has 2 heteroatoms. The molecule has 2 N–H and O–H groups in total. The number of rotatable bonds is 3. The molecule has 1 aromatic rings. The molecule has 0 aliphatic heterocycles. The van der Waals surface area contributed by atoms with E-state index in [1.54, 1.807) is 13.8 Å². The molecule has 0 saturated heterocycles. The smallest absolute Gasteiger partial charge is 0.0504 e. The van der Waals surface area contributed by atoms with Crippen LogP contribution in [0.5, 0.6) is 0 Å². The van der Waals surface area contributed by atoms with Crippen molar-refractivity contribution >= 4 is 6.08 Å². The van der Waals surface area contributed by atoms with E-state index < -0.39 is 0 Å². The second kappa shape index (κ2) is 7.21. The van der Waals surface area contributed by atoms with E-state index in [1.165, 1.54) is 5.56 Å². The van der Waals surface area contributed by atoms with Crippen molar-refractivity contribution in [2.24, 2.45) is 5.41 Å². The van der Waals surface area contributed by atoms with Gasteiger partial charge in [-0.2, -0.15) is 0 Å². The number of aliphatic hydroxyl groups excluding tert-OH is 2. The Labute approximate surface area is 91.9 Å². The Morgan fingerprint density at radius 2 is 1.60 bits per heavy atom. The topological polar surface area (TPSA) is 40.5 Å². The number of hydrogen-bond donors (Lipinski definition) is 2. The van der Waals surface area contributed by atoms with Crippen molar-refractivity contribution in [2.75, 3.05) is 13.2 Å². The van der Waals surface area contributed by atoms with Gasteiger partial charge in [0.25, 0.3) is 0 Å². The fraction of sp³-hybridized carbons (Fsp3) is 0.385. The predicted octanol–water partition coefficient (Wildman–Crippen LogP) is 2.33. The fourth-order valence-electron chi connectivity index (χ4n) is 0.639. The van der Waals surface area contributed by atoms with Crippen LogP contribution in [0.3, 0.4) is 0 Å². The third kappa shape index (κ3) is 6.89. The van der Waals surface area contributed by atoms with Gasteiger partial charge in [0.15, 0.2) is 0 Å². The Balaban J connectivity index is 0.000000265. The maximum Gasteiger partial charge on any atom is 0.0504 e. The molecule has 0 saturated carbocycles. The van der Waals surface area contributed by atoms with Gasteiger partial charge >= 0.3 is 0 Å². The molecule has 0 aliphatic carbocycles. The highest BCUT2D eigenvalue weighted by molar-refractivity contribution is 5.45. The minimum Gasteiger partial charge on any atom is -0.396 e. The summed E-state index contributed by atoms with van der Waals surface area (Å²) in [6.45, 7) is 7.32. The molecule has 2 nitrogen and oxygen atoms in total. The van der Waals surface area contributed by atoms with Crippen LogP contribution in [0, 0.1) is 5.41 Å². The van der Waals surface area contributed by atoms with E-state index in [2.05, 4.69) is 6.58 Å². The highest BCUT2D eigenvalue weighted by atomic mass is 16.3. The van der Waals surface area contributed by atoms with Gasteiger partial charge in [0.2, 0.25) is 0 Å². The summed E-state index contributed by atoms with van der Waals surface area (Å²) in [6, 6.07) is 10.0. The van der Waals surface area contributed by atoms with Crippen molar-refractivity contribution in [1.82, 2.24) is 0 Å². The van der Waals surface area contributed by atoms with Crippen LogP contribution in [0.15, 0.2) is 36.9 Å². The summed E-state index contributed by atoms with van der Waals surface area (Å²) in [7, 11) is 0. The SMILES string of the molecule is C=Cc1ccccc1.CC(C)(CO)CO. The molecular weight excluding hydrogens is 188 g/mol. The quantitative estimate of drug-likeness (QED) is 0.800. The van der Waals surface area contributed by atoms with Gasteiger partial charge in [0, 0.05) is 5.41 Å². The molecular formula is C13H20O2. The normalized spacial score (nSPS) is 10.1. The average molecular weight is 208 g/mol. The molecule has 0 aromatic heterocycles. The lowest BCUT2D eigenvalue weighted by Crippen LogP contribution is -2.20. The Kier molecular flexibility index (Phi) is 6.67. The molecule has 84 valence electrons. The summed E-state index contributed by atoms with van der Waals surface area (Å²) in [5.41, 5.74) is 0.868. The van der Waals surface area contributed by atoms with Gasteiger partial charge in [0.1, 0.15) is 0 Å². The molecule has 0 spiro atoms. The van der Waals surface area contributed by atoms with Gasteiger partial charge in [-0.15, -0.1) is 0 Å². The minimum absolute atomic E-state index is 0.0451. The molecule has 1 aromatic carbocycles. The first-order chi connectivity index (χ1) is 7.05. The Morgan fingerprint density at radius 3 is 1.80 bits per heavy atom. The van der Waals surface area contributed by atoms with Crippen molar-refractivity contribution in [3.05, 3.63) is 42.5 Å². The summed E-state index contributed by atoms with van der Waals surface area (Å²) in [6.07, 6.45) is 1.83. The van der Waals surface area contributed by atoms with E-state index in [4.69, 9.17) is 10.2 Å². The third-order valence-corrected chi connectivity index (χ3v) is 1.89. The third-order valence-electron chi connectivity index (χ3n) is 1.89. The molecule has 0 unspecified atom stereocenters. The van der Waals surface area contributed by atoms with Crippen LogP contribution in [0.2, 0.25) is 0 Å². The summed E-state index contributed by atoms with van der Waals surface area (Å²) in [4.78, 5) is 0. The van der Waals surface area contributed by atoms with Gasteiger partial charge < -0.3 is 10.2 Å². The summed E-state index contributed by atoms with van der Waals surface area (Å²) in [5, 5.41) is 16.9. The van der Waals surface area contributed by atoms with Crippen LogP contribution >= 0.6 is 0 Å². The fourth-order valence-corrected chi connectivity index (χ4v) is 0.639. The van der Waals surface area contributed by atoms with Gasteiger partial charge in [0.05, 0.1) is 13.2 Å². The van der Waals surface area contributed by atoms with Crippen molar-refractivity contribution < 1.29 is 10.2 Å². The highest BCUT2D eigenvalue weighted by Crippen LogP contribution is 2.10. The zero-order valence-corrected chi connectivity index (χ0v) is 9.48. The van der Waals surface area contributed by atoms with Crippen LogP contribution in [-0.2, 0) is 0 Å². The molecule has 0 radical (unpaired) electrons. The maximum atomic E-state index is 8.43. The lowest BCUT2D eigenvalue weighted by Gasteiger charge is -2.16. The van der Waals surface area contributed by atoms with Crippen LogP contribution in [0.25, 0.3) is 6.08 Å². The van der Waals surface area contributed by atoms with E-state index >= 15 is 0 Å². The van der Waals surface area contributed by atoms with Crippen LogP contribution in [0.1, 0.15) is 19.4 Å². The van der Waals surface area contributed by atoms with E-state index in [0.717, 1.165) is 0 Å². The van der Waals surface area contributed by atoms with Crippen molar-refractivity contribution in [3.8, 4) is 0 Å². The van der Waals surface area contributed by atoms with E-state index in [9.17, 15) is 0 Å². The largest absolute Gasteiger partial charge is 0.396 e. The van der Waals surface area contributed by atoms with Crippen LogP contribution in [-0.4, -0.2) is 23.4 Å². The number of benzene rings is 1. The molecule has 0 atom stereocenters. The molecule has 0 heterocycles. The monoisotopic (exact) mass is 208 g/mol. The van der Waals surface area contributed by atoms with Crippen molar-refractivity contribution in [1.29, 1.82) is 0 Å². The molecule has 1 rings (SSSR count). The van der Waals surface area contributed by atoms with E-state index in [1.807, 2.05) is 36.4 Å². The minimum atomic E-state index is -0.306. The van der Waals surface area contributed by atoms with Crippen molar-refractivity contribution in [2.45, 2.75) is 13.8 Å². The van der Waals surface area contributed by atoms with E-state index in [-0.39, 0.29) is 18.6 Å². The van der Waals surface area contributed by atoms with E-state index in [0.29, 0.717) is 0 Å². The average Bonchev–Trinajstić information content (AvgIpc) is 2.31. The molecule has 0 fully saturated rings. The first kappa shape index (κ1) is 13.9. The Morgan fingerprint density at radius 1 is 1.13 bits per heavy atom. The summed E-state index contributed by atoms with van der Waals surface area (Å²) in [5.74, 6) is 0. The summed E-state index contributed by atoms with van der Waals surface area (Å²) >= 11 is 0. The second-order valence-electron chi connectivity index (χ2n) is 4.10. The molecule has 0 aliphatic rings. The van der Waals surface area contributed by atoms with Gasteiger partial charge in [-0.1, -0.05) is 56.8 Å². The van der Waals surface area contributed by atoms with Gasteiger partial charge in [-0.05, 0) is 5.56 Å². The van der Waals surface area contributed by atoms with Crippen LogP contribution < -0.4 is 0 Å². The first-order valence-electron chi connectivity index (χ1n) is 4.95. The van der Waals surface area contributed by atoms with Crippen LogP contribution in [0.4, 0.5) is 0 Å². The number of aliphatic hydroxyl groups is 2.